The van der Waals surface area contributed by atoms with Crippen LogP contribution < -0.4 is 9.47 Å². The quantitative estimate of drug-likeness (QED) is 0.191. The van der Waals surface area contributed by atoms with Crippen molar-refractivity contribution in [1.82, 2.24) is 4.90 Å². The number of hydrogen-bond donors (Lipinski definition) is 0. The van der Waals surface area contributed by atoms with E-state index in [0.717, 1.165) is 43.7 Å². The van der Waals surface area contributed by atoms with Gasteiger partial charge in [0, 0.05) is 4.47 Å². The highest BCUT2D eigenvalue weighted by Gasteiger charge is 2.35. The average Bonchev–Trinajstić information content (AvgIpc) is 3.16. The molecular weight excluding hydrogens is 618 g/mol. The van der Waals surface area contributed by atoms with E-state index in [-0.39, 0.29) is 17.7 Å². The fourth-order valence-electron chi connectivity index (χ4n) is 4.09. The maximum absolute atomic E-state index is 13.0. The van der Waals surface area contributed by atoms with Gasteiger partial charge in [-0.2, -0.15) is 0 Å². The zero-order valence-corrected chi connectivity index (χ0v) is 23.7. The van der Waals surface area contributed by atoms with Crippen LogP contribution in [0.1, 0.15) is 16.7 Å². The summed E-state index contributed by atoms with van der Waals surface area (Å²) < 4.78 is 13.4. The summed E-state index contributed by atoms with van der Waals surface area (Å²) in [6, 6.07) is 25.5. The third kappa shape index (κ3) is 5.61. The van der Waals surface area contributed by atoms with E-state index in [4.69, 9.17) is 9.47 Å². The van der Waals surface area contributed by atoms with Gasteiger partial charge in [0.2, 0.25) is 0 Å². The van der Waals surface area contributed by atoms with E-state index in [1.54, 1.807) is 19.3 Å². The highest BCUT2D eigenvalue weighted by atomic mass is 79.9. The lowest BCUT2D eigenvalue weighted by Gasteiger charge is -2.15. The molecular formula is C29H21Br2NO4S. The monoisotopic (exact) mass is 637 g/mol. The van der Waals surface area contributed by atoms with Gasteiger partial charge in [-0.3, -0.25) is 14.5 Å². The number of imide groups is 1. The zero-order chi connectivity index (χ0) is 25.9. The summed E-state index contributed by atoms with van der Waals surface area (Å²) in [4.78, 5) is 27.2. The van der Waals surface area contributed by atoms with Crippen molar-refractivity contribution in [2.45, 2.75) is 13.2 Å². The summed E-state index contributed by atoms with van der Waals surface area (Å²) in [5.74, 6) is 0.773. The molecule has 4 aromatic carbocycles. The third-order valence-corrected chi connectivity index (χ3v) is 7.95. The fraction of sp³-hybridized carbons (Fsp3) is 0.103. The number of fused-ring (bicyclic) bond motifs is 1. The molecule has 0 aliphatic carbocycles. The summed E-state index contributed by atoms with van der Waals surface area (Å²) >= 11 is 7.92. The lowest BCUT2D eigenvalue weighted by Crippen LogP contribution is -2.27. The van der Waals surface area contributed by atoms with Gasteiger partial charge in [-0.05, 0) is 85.5 Å². The van der Waals surface area contributed by atoms with Crippen molar-refractivity contribution >= 4 is 71.6 Å². The number of carbonyl (C=O) groups is 2. The van der Waals surface area contributed by atoms with Crippen molar-refractivity contribution in [2.24, 2.45) is 0 Å². The summed E-state index contributed by atoms with van der Waals surface area (Å²) in [6.07, 6.45) is 1.70. The van der Waals surface area contributed by atoms with Crippen LogP contribution in [0.15, 0.2) is 92.7 Å². The highest BCUT2D eigenvalue weighted by Crippen LogP contribution is 2.40. The minimum atomic E-state index is -0.315. The number of amides is 2. The number of ether oxygens (including phenoxy) is 2. The van der Waals surface area contributed by atoms with E-state index in [1.165, 1.54) is 4.90 Å². The summed E-state index contributed by atoms with van der Waals surface area (Å²) in [5, 5.41) is 2.00. The van der Waals surface area contributed by atoms with Crippen LogP contribution in [0.5, 0.6) is 11.5 Å². The molecule has 8 heteroatoms. The van der Waals surface area contributed by atoms with Gasteiger partial charge >= 0.3 is 0 Å². The molecule has 37 heavy (non-hydrogen) atoms. The van der Waals surface area contributed by atoms with Gasteiger partial charge < -0.3 is 9.47 Å². The van der Waals surface area contributed by atoms with Crippen molar-refractivity contribution < 1.29 is 19.1 Å². The van der Waals surface area contributed by atoms with Gasteiger partial charge in [-0.25, -0.2) is 0 Å². The molecule has 0 radical (unpaired) electrons. The number of carbonyl (C=O) groups excluding carboxylic acids is 2. The van der Waals surface area contributed by atoms with Gasteiger partial charge in [-0.1, -0.05) is 70.5 Å². The first-order chi connectivity index (χ1) is 17.9. The molecule has 1 fully saturated rings. The number of benzene rings is 4. The van der Waals surface area contributed by atoms with E-state index < -0.39 is 0 Å². The van der Waals surface area contributed by atoms with Crippen molar-refractivity contribution in [3.63, 3.8) is 0 Å². The Kier molecular flexibility index (Phi) is 7.69. The lowest BCUT2D eigenvalue weighted by atomic mass is 10.1. The Labute approximate surface area is 235 Å². The second kappa shape index (κ2) is 11.1. The second-order valence-electron chi connectivity index (χ2n) is 8.36. The first-order valence-corrected chi connectivity index (χ1v) is 13.8. The highest BCUT2D eigenvalue weighted by molar-refractivity contribution is 9.10. The molecule has 5 rings (SSSR count). The number of nitrogens with zero attached hydrogens (tertiary/aromatic N) is 1. The Hall–Kier alpha value is -3.07. The molecule has 5 nitrogen and oxygen atoms in total. The van der Waals surface area contributed by atoms with Crippen LogP contribution >= 0.6 is 43.6 Å². The molecule has 0 atom stereocenters. The second-order valence-corrected chi connectivity index (χ2v) is 11.1. The molecule has 4 aromatic rings. The maximum Gasteiger partial charge on any atom is 0.293 e. The first kappa shape index (κ1) is 25.6. The minimum absolute atomic E-state index is 0.225. The van der Waals surface area contributed by atoms with E-state index in [2.05, 4.69) is 50.1 Å². The van der Waals surface area contributed by atoms with Gasteiger partial charge in [-0.15, -0.1) is 0 Å². The van der Waals surface area contributed by atoms with E-state index in [1.807, 2.05) is 54.6 Å². The number of halogens is 2. The molecule has 0 spiro atoms. The predicted octanol–water partition coefficient (Wildman–Crippen LogP) is 8.19. The standard InChI is InChI=1S/C29H21Br2NO4S/c1-35-25-14-19(15-26-28(33)32(29(34)37-26)16-18-9-11-22(30)12-10-18)13-24(31)27(25)36-17-21-7-4-6-20-5-2-3-8-23(20)21/h2-15H,16-17H2,1H3/b26-15-. The van der Waals surface area contributed by atoms with Gasteiger partial charge in [0.05, 0.1) is 23.0 Å². The predicted molar refractivity (Wildman–Crippen MR) is 155 cm³/mol. The largest absolute Gasteiger partial charge is 0.493 e. The number of hydrogen-bond acceptors (Lipinski definition) is 5. The lowest BCUT2D eigenvalue weighted by molar-refractivity contribution is -0.123. The van der Waals surface area contributed by atoms with Crippen molar-refractivity contribution in [2.75, 3.05) is 7.11 Å². The third-order valence-electron chi connectivity index (χ3n) is 5.93. The van der Waals surface area contributed by atoms with E-state index in [9.17, 15) is 9.59 Å². The van der Waals surface area contributed by atoms with Gasteiger partial charge in [0.15, 0.2) is 11.5 Å². The van der Waals surface area contributed by atoms with Crippen LogP contribution in [0, 0.1) is 0 Å². The smallest absolute Gasteiger partial charge is 0.293 e. The molecule has 1 aliphatic heterocycles. The fourth-order valence-corrected chi connectivity index (χ4v) is 5.77. The van der Waals surface area contributed by atoms with Crippen LogP contribution in [-0.4, -0.2) is 23.2 Å². The Balaban J connectivity index is 1.36. The Bertz CT molecular complexity index is 1530. The molecule has 1 aliphatic rings. The molecule has 0 unspecified atom stereocenters. The van der Waals surface area contributed by atoms with Crippen molar-refractivity contribution in [3.05, 3.63) is 109 Å². The van der Waals surface area contributed by atoms with Crippen LogP contribution in [0.2, 0.25) is 0 Å². The normalized spacial score (nSPS) is 14.6. The Morgan fingerprint density at radius 2 is 1.70 bits per heavy atom. The van der Waals surface area contributed by atoms with Crippen LogP contribution in [0.4, 0.5) is 4.79 Å². The van der Waals surface area contributed by atoms with Crippen LogP contribution in [0.3, 0.4) is 0 Å². The molecule has 0 N–H and O–H groups in total. The number of rotatable bonds is 7. The zero-order valence-electron chi connectivity index (χ0n) is 19.7. The molecule has 1 heterocycles. The van der Waals surface area contributed by atoms with E-state index >= 15 is 0 Å². The summed E-state index contributed by atoms with van der Waals surface area (Å²) in [6.45, 7) is 0.591. The molecule has 2 amide bonds. The first-order valence-electron chi connectivity index (χ1n) is 11.4. The summed E-state index contributed by atoms with van der Waals surface area (Å²) in [7, 11) is 1.57. The Morgan fingerprint density at radius 1 is 0.946 bits per heavy atom. The number of thioether (sulfide) groups is 1. The molecule has 0 saturated carbocycles. The average molecular weight is 639 g/mol. The molecule has 186 valence electrons. The van der Waals surface area contributed by atoms with Crippen LogP contribution in [-0.2, 0) is 17.9 Å². The molecule has 0 bridgehead atoms. The molecule has 0 aromatic heterocycles. The van der Waals surface area contributed by atoms with Crippen molar-refractivity contribution in [3.8, 4) is 11.5 Å². The van der Waals surface area contributed by atoms with Crippen molar-refractivity contribution in [1.29, 1.82) is 0 Å². The summed E-state index contributed by atoms with van der Waals surface area (Å²) in [5.41, 5.74) is 2.66. The minimum Gasteiger partial charge on any atom is -0.493 e. The maximum atomic E-state index is 13.0. The molecule has 1 saturated heterocycles. The van der Waals surface area contributed by atoms with Gasteiger partial charge in [0.25, 0.3) is 11.1 Å². The van der Waals surface area contributed by atoms with Crippen LogP contribution in [0.25, 0.3) is 16.8 Å². The topological polar surface area (TPSA) is 55.8 Å². The SMILES string of the molecule is COc1cc(/C=C2\SC(=O)N(Cc3ccc(Br)cc3)C2=O)cc(Br)c1OCc1cccc2ccccc12. The number of methoxy groups -OCH3 is 1. The van der Waals surface area contributed by atoms with E-state index in [0.29, 0.717) is 27.5 Å². The van der Waals surface area contributed by atoms with Gasteiger partial charge in [0.1, 0.15) is 6.61 Å². The Morgan fingerprint density at radius 3 is 2.49 bits per heavy atom.